The van der Waals surface area contributed by atoms with Gasteiger partial charge in [-0.1, -0.05) is 18.2 Å². The maximum atomic E-state index is 14.1. The second-order valence-corrected chi connectivity index (χ2v) is 7.03. The van der Waals surface area contributed by atoms with Crippen LogP contribution in [0.2, 0.25) is 0 Å². The van der Waals surface area contributed by atoms with E-state index in [2.05, 4.69) is 20.6 Å². The fourth-order valence-electron chi connectivity index (χ4n) is 3.29. The van der Waals surface area contributed by atoms with Gasteiger partial charge in [0.1, 0.15) is 23.8 Å². The maximum Gasteiger partial charge on any atom is 0.274 e. The first-order valence-electron chi connectivity index (χ1n) is 9.73. The Morgan fingerprint density at radius 3 is 2.58 bits per heavy atom. The van der Waals surface area contributed by atoms with Crippen LogP contribution in [0, 0.1) is 11.6 Å². The molecule has 10 heteroatoms. The molecule has 166 valence electrons. The van der Waals surface area contributed by atoms with Crippen molar-refractivity contribution in [2.45, 2.75) is 6.42 Å². The smallest absolute Gasteiger partial charge is 0.274 e. The number of aromatic nitrogens is 2. The summed E-state index contributed by atoms with van der Waals surface area (Å²) in [5, 5.41) is 14.9. The van der Waals surface area contributed by atoms with E-state index in [1.165, 1.54) is 18.5 Å². The summed E-state index contributed by atoms with van der Waals surface area (Å²) in [6.45, 7) is 0. The molecular formula is C23H17F2N5O3. The van der Waals surface area contributed by atoms with Crippen LogP contribution in [0.15, 0.2) is 67.0 Å². The summed E-state index contributed by atoms with van der Waals surface area (Å²) in [5.74, 6) is -2.33. The summed E-state index contributed by atoms with van der Waals surface area (Å²) in [5.41, 5.74) is 3.16. The van der Waals surface area contributed by atoms with Crippen molar-refractivity contribution in [2.75, 3.05) is 10.6 Å². The van der Waals surface area contributed by atoms with Crippen molar-refractivity contribution < 1.29 is 23.6 Å². The Morgan fingerprint density at radius 1 is 0.970 bits per heavy atom. The summed E-state index contributed by atoms with van der Waals surface area (Å²) in [7, 11) is 0. The van der Waals surface area contributed by atoms with Gasteiger partial charge in [-0.2, -0.15) is 0 Å². The summed E-state index contributed by atoms with van der Waals surface area (Å²) < 4.78 is 27.3. The van der Waals surface area contributed by atoms with E-state index in [9.17, 15) is 18.4 Å². The third-order valence-corrected chi connectivity index (χ3v) is 4.82. The molecule has 0 spiro atoms. The van der Waals surface area contributed by atoms with Crippen LogP contribution in [-0.4, -0.2) is 27.0 Å². The Morgan fingerprint density at radius 2 is 1.79 bits per heavy atom. The second kappa shape index (κ2) is 9.37. The monoisotopic (exact) mass is 449 g/mol. The number of nitrogens with one attached hydrogen (secondary N) is 3. The Bertz CT molecular complexity index is 1360. The van der Waals surface area contributed by atoms with Gasteiger partial charge in [0.25, 0.3) is 5.91 Å². The molecule has 0 radical (unpaired) electrons. The van der Waals surface area contributed by atoms with Crippen LogP contribution < -0.4 is 16.1 Å². The molecule has 0 unspecified atom stereocenters. The first-order valence-corrected chi connectivity index (χ1v) is 9.73. The number of hydrogen-bond acceptors (Lipinski definition) is 6. The third-order valence-electron chi connectivity index (χ3n) is 4.82. The quantitative estimate of drug-likeness (QED) is 0.262. The molecule has 4 rings (SSSR count). The SMILES string of the molecule is O=C(Cc1ccccc1C(=O)NO)Nc1ccc2ncnc(Nc3ccc(F)cc3F)c2c1. The molecule has 0 aliphatic rings. The number of nitrogens with zero attached hydrogens (tertiary/aromatic N) is 2. The highest BCUT2D eigenvalue weighted by molar-refractivity contribution is 6.00. The van der Waals surface area contributed by atoms with Crippen molar-refractivity contribution in [3.63, 3.8) is 0 Å². The number of amides is 2. The zero-order valence-electron chi connectivity index (χ0n) is 17.0. The lowest BCUT2D eigenvalue weighted by molar-refractivity contribution is -0.115. The topological polar surface area (TPSA) is 116 Å². The Hall–Kier alpha value is -4.44. The molecular weight excluding hydrogens is 432 g/mol. The van der Waals surface area contributed by atoms with Crippen molar-refractivity contribution in [1.29, 1.82) is 0 Å². The first-order chi connectivity index (χ1) is 15.9. The average Bonchev–Trinajstić information content (AvgIpc) is 2.81. The lowest BCUT2D eigenvalue weighted by Crippen LogP contribution is -2.22. The van der Waals surface area contributed by atoms with Crippen molar-refractivity contribution >= 4 is 39.9 Å². The van der Waals surface area contributed by atoms with Gasteiger partial charge in [0, 0.05) is 22.7 Å². The van der Waals surface area contributed by atoms with E-state index in [4.69, 9.17) is 5.21 Å². The second-order valence-electron chi connectivity index (χ2n) is 7.03. The molecule has 0 saturated heterocycles. The van der Waals surface area contributed by atoms with Crippen LogP contribution in [0.25, 0.3) is 10.9 Å². The van der Waals surface area contributed by atoms with E-state index in [0.717, 1.165) is 12.1 Å². The standard InChI is InChI=1S/C23H17F2N5O3/c24-14-5-7-20(18(25)10-14)29-22-17-11-15(6-8-19(17)26-12-27-22)28-21(31)9-13-3-1-2-4-16(13)23(32)30-33/h1-8,10-12,33H,9H2,(H,28,31)(H,30,32)(H,26,27,29). The largest absolute Gasteiger partial charge is 0.337 e. The van der Waals surface area contributed by atoms with Crippen LogP contribution in [-0.2, 0) is 11.2 Å². The normalized spacial score (nSPS) is 10.6. The lowest BCUT2D eigenvalue weighted by atomic mass is 10.0. The van der Waals surface area contributed by atoms with Crippen LogP contribution in [0.5, 0.6) is 0 Å². The molecule has 0 atom stereocenters. The van der Waals surface area contributed by atoms with Gasteiger partial charge in [-0.05, 0) is 42.0 Å². The number of hydrogen-bond donors (Lipinski definition) is 4. The predicted molar refractivity (Wildman–Crippen MR) is 117 cm³/mol. The molecule has 0 aliphatic carbocycles. The minimum atomic E-state index is -0.781. The Kier molecular flexibility index (Phi) is 6.18. The average molecular weight is 449 g/mol. The number of anilines is 3. The molecule has 0 aliphatic heterocycles. The molecule has 0 bridgehead atoms. The first kappa shape index (κ1) is 21.8. The molecule has 0 saturated carbocycles. The van der Waals surface area contributed by atoms with E-state index in [0.29, 0.717) is 22.2 Å². The fourth-order valence-corrected chi connectivity index (χ4v) is 3.29. The van der Waals surface area contributed by atoms with Gasteiger partial charge < -0.3 is 10.6 Å². The Labute approximate surface area is 186 Å². The molecule has 2 amide bonds. The number of carbonyl (C=O) groups is 2. The zero-order valence-corrected chi connectivity index (χ0v) is 17.0. The number of halogens is 2. The summed E-state index contributed by atoms with van der Waals surface area (Å²) in [6, 6.07) is 14.4. The van der Waals surface area contributed by atoms with Crippen LogP contribution in [0.1, 0.15) is 15.9 Å². The minimum absolute atomic E-state index is 0.0320. The minimum Gasteiger partial charge on any atom is -0.337 e. The third kappa shape index (κ3) is 4.91. The van der Waals surface area contributed by atoms with Gasteiger partial charge in [0.15, 0.2) is 0 Å². The number of hydroxylamine groups is 1. The Balaban J connectivity index is 1.58. The van der Waals surface area contributed by atoms with E-state index in [-0.39, 0.29) is 23.5 Å². The summed E-state index contributed by atoms with van der Waals surface area (Å²) >= 11 is 0. The van der Waals surface area contributed by atoms with Crippen molar-refractivity contribution in [3.05, 3.63) is 89.8 Å². The van der Waals surface area contributed by atoms with Crippen molar-refractivity contribution in [3.8, 4) is 0 Å². The molecule has 3 aromatic carbocycles. The van der Waals surface area contributed by atoms with Crippen LogP contribution >= 0.6 is 0 Å². The molecule has 1 aromatic heterocycles. The number of fused-ring (bicyclic) bond motifs is 1. The molecule has 4 aromatic rings. The van der Waals surface area contributed by atoms with Gasteiger partial charge in [0.05, 0.1) is 17.6 Å². The van der Waals surface area contributed by atoms with Crippen molar-refractivity contribution in [2.24, 2.45) is 0 Å². The summed E-state index contributed by atoms with van der Waals surface area (Å²) in [6.07, 6.45) is 1.19. The van der Waals surface area contributed by atoms with E-state index in [1.54, 1.807) is 41.9 Å². The highest BCUT2D eigenvalue weighted by atomic mass is 19.1. The fraction of sp³-hybridized carbons (Fsp3) is 0.0435. The molecule has 0 fully saturated rings. The van der Waals surface area contributed by atoms with Crippen LogP contribution in [0.3, 0.4) is 0 Å². The van der Waals surface area contributed by atoms with Gasteiger partial charge in [0.2, 0.25) is 5.91 Å². The van der Waals surface area contributed by atoms with Crippen molar-refractivity contribution in [1.82, 2.24) is 15.4 Å². The highest BCUT2D eigenvalue weighted by Gasteiger charge is 2.14. The van der Waals surface area contributed by atoms with E-state index in [1.807, 2.05) is 0 Å². The molecule has 8 nitrogen and oxygen atoms in total. The number of rotatable bonds is 6. The van der Waals surface area contributed by atoms with Gasteiger partial charge >= 0.3 is 0 Å². The molecule has 1 heterocycles. The van der Waals surface area contributed by atoms with Crippen LogP contribution in [0.4, 0.5) is 26.0 Å². The number of benzene rings is 3. The van der Waals surface area contributed by atoms with Gasteiger partial charge in [-0.15, -0.1) is 0 Å². The van der Waals surface area contributed by atoms with E-state index < -0.39 is 23.4 Å². The summed E-state index contributed by atoms with van der Waals surface area (Å²) in [4.78, 5) is 32.7. The molecule has 4 N–H and O–H groups in total. The lowest BCUT2D eigenvalue weighted by Gasteiger charge is -2.12. The van der Waals surface area contributed by atoms with Gasteiger partial charge in [-0.25, -0.2) is 24.2 Å². The zero-order chi connectivity index (χ0) is 23.4. The van der Waals surface area contributed by atoms with E-state index >= 15 is 0 Å². The number of carbonyl (C=O) groups excluding carboxylic acids is 2. The highest BCUT2D eigenvalue weighted by Crippen LogP contribution is 2.27. The molecule has 33 heavy (non-hydrogen) atoms. The van der Waals surface area contributed by atoms with Gasteiger partial charge in [-0.3, -0.25) is 14.8 Å². The predicted octanol–water partition coefficient (Wildman–Crippen LogP) is 3.95. The maximum absolute atomic E-state index is 14.1.